The van der Waals surface area contributed by atoms with Crippen molar-refractivity contribution in [3.63, 3.8) is 0 Å². The molecular formula is C15H29F3N2. The van der Waals surface area contributed by atoms with Gasteiger partial charge in [-0.05, 0) is 37.1 Å². The number of alkyl halides is 3. The molecule has 0 aliphatic heterocycles. The second-order valence-corrected chi connectivity index (χ2v) is 6.76. The van der Waals surface area contributed by atoms with Crippen LogP contribution < -0.4 is 5.73 Å². The van der Waals surface area contributed by atoms with E-state index in [9.17, 15) is 13.2 Å². The standard InChI is InChI=1S/C15H29F3N2/c1-5-14(3,4)11-7-8-12(19)13(9-11)20(6-2)10-15(16,17)18/h11-13H,5-10,19H2,1-4H3. The van der Waals surface area contributed by atoms with E-state index >= 15 is 0 Å². The molecule has 1 aliphatic carbocycles. The summed E-state index contributed by atoms with van der Waals surface area (Å²) in [6.45, 7) is 7.92. The van der Waals surface area contributed by atoms with Gasteiger partial charge in [0.05, 0.1) is 6.54 Å². The van der Waals surface area contributed by atoms with Crippen LogP contribution >= 0.6 is 0 Å². The molecule has 0 amide bonds. The maximum Gasteiger partial charge on any atom is 0.401 e. The largest absolute Gasteiger partial charge is 0.401 e. The summed E-state index contributed by atoms with van der Waals surface area (Å²) in [5.74, 6) is 0.458. The number of rotatable bonds is 5. The van der Waals surface area contributed by atoms with Crippen molar-refractivity contribution in [2.45, 2.75) is 71.6 Å². The molecule has 0 radical (unpaired) electrons. The summed E-state index contributed by atoms with van der Waals surface area (Å²) in [7, 11) is 0. The van der Waals surface area contributed by atoms with Crippen molar-refractivity contribution in [3.8, 4) is 0 Å². The highest BCUT2D eigenvalue weighted by Crippen LogP contribution is 2.41. The van der Waals surface area contributed by atoms with E-state index in [0.29, 0.717) is 12.5 Å². The third-order valence-corrected chi connectivity index (χ3v) is 5.14. The minimum atomic E-state index is -4.15. The quantitative estimate of drug-likeness (QED) is 0.835. The van der Waals surface area contributed by atoms with E-state index in [2.05, 4.69) is 20.8 Å². The van der Waals surface area contributed by atoms with Gasteiger partial charge in [-0.2, -0.15) is 13.2 Å². The fourth-order valence-corrected chi connectivity index (χ4v) is 3.28. The van der Waals surface area contributed by atoms with Gasteiger partial charge in [0.15, 0.2) is 0 Å². The van der Waals surface area contributed by atoms with Gasteiger partial charge in [0.2, 0.25) is 0 Å². The van der Waals surface area contributed by atoms with E-state index in [4.69, 9.17) is 5.73 Å². The first kappa shape index (κ1) is 17.8. The molecule has 0 bridgehead atoms. The molecule has 0 saturated heterocycles. The third kappa shape index (κ3) is 4.62. The topological polar surface area (TPSA) is 29.3 Å². The predicted molar refractivity (Wildman–Crippen MR) is 76.5 cm³/mol. The minimum Gasteiger partial charge on any atom is -0.326 e. The van der Waals surface area contributed by atoms with Gasteiger partial charge in [0.25, 0.3) is 0 Å². The van der Waals surface area contributed by atoms with Crippen LogP contribution in [-0.2, 0) is 0 Å². The molecule has 0 aromatic heterocycles. The van der Waals surface area contributed by atoms with Crippen molar-refractivity contribution in [1.82, 2.24) is 4.90 Å². The van der Waals surface area contributed by atoms with Gasteiger partial charge in [-0.3, -0.25) is 4.90 Å². The lowest BCUT2D eigenvalue weighted by Gasteiger charge is -2.46. The normalized spacial score (nSPS) is 28.9. The summed E-state index contributed by atoms with van der Waals surface area (Å²) in [6.07, 6.45) is -0.463. The van der Waals surface area contributed by atoms with Crippen LogP contribution in [0.5, 0.6) is 0 Å². The molecule has 120 valence electrons. The lowest BCUT2D eigenvalue weighted by atomic mass is 9.67. The molecule has 1 saturated carbocycles. The second kappa shape index (κ2) is 6.65. The van der Waals surface area contributed by atoms with E-state index in [0.717, 1.165) is 25.7 Å². The first-order valence-corrected chi connectivity index (χ1v) is 7.67. The van der Waals surface area contributed by atoms with Gasteiger partial charge in [0.1, 0.15) is 0 Å². The van der Waals surface area contributed by atoms with Crippen molar-refractivity contribution in [2.75, 3.05) is 13.1 Å². The molecule has 2 nitrogen and oxygen atoms in total. The Balaban J connectivity index is 2.79. The van der Waals surface area contributed by atoms with E-state index < -0.39 is 12.7 Å². The molecule has 0 aromatic carbocycles. The maximum atomic E-state index is 12.7. The molecule has 3 atom stereocenters. The SMILES string of the molecule is CCN(CC(F)(F)F)C1CC(C(C)(C)CC)CCC1N. The zero-order chi connectivity index (χ0) is 15.6. The molecular weight excluding hydrogens is 265 g/mol. The Morgan fingerprint density at radius 2 is 1.75 bits per heavy atom. The average Bonchev–Trinajstić information content (AvgIpc) is 2.35. The summed E-state index contributed by atoms with van der Waals surface area (Å²) >= 11 is 0. The fourth-order valence-electron chi connectivity index (χ4n) is 3.28. The van der Waals surface area contributed by atoms with Gasteiger partial charge < -0.3 is 5.73 Å². The lowest BCUT2D eigenvalue weighted by Crippen LogP contribution is -2.54. The first-order valence-electron chi connectivity index (χ1n) is 7.67. The highest BCUT2D eigenvalue weighted by atomic mass is 19.4. The van der Waals surface area contributed by atoms with E-state index in [1.165, 1.54) is 4.90 Å². The Morgan fingerprint density at radius 3 is 2.20 bits per heavy atom. The van der Waals surface area contributed by atoms with Gasteiger partial charge >= 0.3 is 6.18 Å². The Bertz CT molecular complexity index is 302. The summed E-state index contributed by atoms with van der Waals surface area (Å²) in [4.78, 5) is 1.52. The number of nitrogens with zero attached hydrogens (tertiary/aromatic N) is 1. The van der Waals surface area contributed by atoms with E-state index in [1.54, 1.807) is 6.92 Å². The molecule has 20 heavy (non-hydrogen) atoms. The van der Waals surface area contributed by atoms with Crippen LogP contribution in [0, 0.1) is 11.3 Å². The zero-order valence-electron chi connectivity index (χ0n) is 13.1. The molecule has 1 aliphatic rings. The summed E-state index contributed by atoms with van der Waals surface area (Å²) in [6, 6.07) is -0.285. The van der Waals surface area contributed by atoms with Crippen LogP contribution in [-0.4, -0.2) is 36.2 Å². The number of halogens is 3. The van der Waals surface area contributed by atoms with Crippen LogP contribution in [0.1, 0.15) is 53.4 Å². The molecule has 3 unspecified atom stereocenters. The van der Waals surface area contributed by atoms with Crippen molar-refractivity contribution in [2.24, 2.45) is 17.1 Å². The van der Waals surface area contributed by atoms with Crippen LogP contribution in [0.2, 0.25) is 0 Å². The smallest absolute Gasteiger partial charge is 0.326 e. The van der Waals surface area contributed by atoms with Gasteiger partial charge in [-0.15, -0.1) is 0 Å². The Hall–Kier alpha value is -0.290. The fraction of sp³-hybridized carbons (Fsp3) is 1.00. The van der Waals surface area contributed by atoms with Gasteiger partial charge in [-0.25, -0.2) is 0 Å². The molecule has 5 heteroatoms. The molecule has 1 fully saturated rings. The monoisotopic (exact) mass is 294 g/mol. The first-order chi connectivity index (χ1) is 9.10. The molecule has 0 heterocycles. The second-order valence-electron chi connectivity index (χ2n) is 6.76. The Kier molecular flexibility index (Phi) is 5.90. The Labute approximate surface area is 120 Å². The average molecular weight is 294 g/mol. The summed E-state index contributed by atoms with van der Waals surface area (Å²) < 4.78 is 38.1. The van der Waals surface area contributed by atoms with Crippen LogP contribution in [0.4, 0.5) is 13.2 Å². The lowest BCUT2D eigenvalue weighted by molar-refractivity contribution is -0.153. The molecule has 2 N–H and O–H groups in total. The minimum absolute atomic E-state index is 0.138. The number of hydrogen-bond acceptors (Lipinski definition) is 2. The van der Waals surface area contributed by atoms with Crippen LogP contribution in [0.3, 0.4) is 0 Å². The molecule has 0 aromatic rings. The van der Waals surface area contributed by atoms with Crippen molar-refractivity contribution in [3.05, 3.63) is 0 Å². The van der Waals surface area contributed by atoms with Crippen molar-refractivity contribution < 1.29 is 13.2 Å². The third-order valence-electron chi connectivity index (χ3n) is 5.14. The number of nitrogens with two attached hydrogens (primary N) is 1. The summed E-state index contributed by atoms with van der Waals surface area (Å²) in [5, 5.41) is 0. The van der Waals surface area contributed by atoms with Gasteiger partial charge in [-0.1, -0.05) is 34.1 Å². The van der Waals surface area contributed by atoms with Crippen molar-refractivity contribution >= 4 is 0 Å². The van der Waals surface area contributed by atoms with E-state index in [-0.39, 0.29) is 17.5 Å². The predicted octanol–water partition coefficient (Wildman–Crippen LogP) is 3.80. The van der Waals surface area contributed by atoms with Crippen molar-refractivity contribution in [1.29, 1.82) is 0 Å². The van der Waals surface area contributed by atoms with Gasteiger partial charge in [0, 0.05) is 12.1 Å². The zero-order valence-corrected chi connectivity index (χ0v) is 13.1. The van der Waals surface area contributed by atoms with Crippen LogP contribution in [0.25, 0.3) is 0 Å². The highest BCUT2D eigenvalue weighted by Gasteiger charge is 2.41. The van der Waals surface area contributed by atoms with E-state index in [1.807, 2.05) is 0 Å². The molecule has 0 spiro atoms. The molecule has 1 rings (SSSR count). The maximum absolute atomic E-state index is 12.7. The number of likely N-dealkylation sites (N-methyl/N-ethyl adjacent to an activating group) is 1. The van der Waals surface area contributed by atoms with Crippen LogP contribution in [0.15, 0.2) is 0 Å². The summed E-state index contributed by atoms with van der Waals surface area (Å²) in [5.41, 5.74) is 6.29. The Morgan fingerprint density at radius 1 is 1.15 bits per heavy atom. The highest BCUT2D eigenvalue weighted by molar-refractivity contribution is 4.93. The number of hydrogen-bond donors (Lipinski definition) is 1.